The highest BCUT2D eigenvalue weighted by Gasteiger charge is 2.71. The van der Waals surface area contributed by atoms with E-state index in [4.69, 9.17) is 10.2 Å². The lowest BCUT2D eigenvalue weighted by Crippen LogP contribution is -2.56. The molecular formula is C17H23F5O3. The van der Waals surface area contributed by atoms with Crippen molar-refractivity contribution >= 4 is 0 Å². The van der Waals surface area contributed by atoms with E-state index in [9.17, 15) is 22.0 Å². The van der Waals surface area contributed by atoms with Crippen LogP contribution in [0.5, 0.6) is 0 Å². The fraction of sp³-hybridized carbons (Fsp3) is 0.647. The molecule has 25 heavy (non-hydrogen) atoms. The van der Waals surface area contributed by atoms with Gasteiger partial charge in [-0.3, -0.25) is 4.74 Å². The lowest BCUT2D eigenvalue weighted by molar-refractivity contribution is -0.415. The Morgan fingerprint density at radius 2 is 1.48 bits per heavy atom. The second-order valence-corrected chi connectivity index (χ2v) is 5.85. The van der Waals surface area contributed by atoms with E-state index in [1.54, 1.807) is 0 Å². The second kappa shape index (κ2) is 8.91. The van der Waals surface area contributed by atoms with Crippen LogP contribution in [-0.4, -0.2) is 28.5 Å². The monoisotopic (exact) mass is 370 g/mol. The van der Waals surface area contributed by atoms with E-state index in [0.717, 1.165) is 37.1 Å². The second-order valence-electron chi connectivity index (χ2n) is 5.85. The van der Waals surface area contributed by atoms with Gasteiger partial charge in [0.15, 0.2) is 0 Å². The molecular weight excluding hydrogens is 347 g/mol. The first kappa shape index (κ1) is 21.8. The third-order valence-corrected chi connectivity index (χ3v) is 3.87. The minimum atomic E-state index is -5.31. The zero-order valence-electron chi connectivity index (χ0n) is 13.9. The molecule has 1 unspecified atom stereocenters. The molecule has 0 heterocycles. The van der Waals surface area contributed by atoms with Gasteiger partial charge in [0.05, 0.1) is 0 Å². The zero-order chi connectivity index (χ0) is 19.1. The number of aliphatic hydroxyl groups excluding tert-OH is 1. The van der Waals surface area contributed by atoms with Crippen molar-refractivity contribution in [1.82, 2.24) is 0 Å². The first-order valence-corrected chi connectivity index (χ1v) is 8.12. The minimum Gasteiger partial charge on any atom is -0.346 e. The Labute approximate surface area is 143 Å². The van der Waals surface area contributed by atoms with E-state index >= 15 is 0 Å². The lowest BCUT2D eigenvalue weighted by Gasteiger charge is -2.38. The summed E-state index contributed by atoms with van der Waals surface area (Å²) in [6.07, 6.45) is 1.12. The quantitative estimate of drug-likeness (QED) is 0.337. The molecule has 0 aromatic heterocycles. The van der Waals surface area contributed by atoms with Gasteiger partial charge in [0, 0.05) is 12.0 Å². The van der Waals surface area contributed by atoms with Crippen molar-refractivity contribution in [2.45, 2.75) is 69.6 Å². The van der Waals surface area contributed by atoms with E-state index in [2.05, 4.69) is 4.74 Å². The first-order valence-electron chi connectivity index (χ1n) is 8.12. The van der Waals surface area contributed by atoms with Crippen LogP contribution in [0.2, 0.25) is 0 Å². The predicted molar refractivity (Wildman–Crippen MR) is 81.8 cm³/mol. The normalized spacial score (nSPS) is 15.4. The Morgan fingerprint density at radius 1 is 0.920 bits per heavy atom. The van der Waals surface area contributed by atoms with Crippen molar-refractivity contribution in [2.24, 2.45) is 0 Å². The maximum atomic E-state index is 14.9. The molecule has 1 atom stereocenters. The summed E-state index contributed by atoms with van der Waals surface area (Å²) in [7, 11) is 0. The van der Waals surface area contributed by atoms with Gasteiger partial charge >= 0.3 is 17.7 Å². The minimum absolute atomic E-state index is 0.213. The SMILES string of the molecule is CCCCCCCC(F)(F)C(F)(F)C(F)(OC(O)O)c1ccccc1. The van der Waals surface area contributed by atoms with Gasteiger partial charge in [-0.2, -0.15) is 22.0 Å². The van der Waals surface area contributed by atoms with Gasteiger partial charge in [0.25, 0.3) is 6.48 Å². The molecule has 1 aromatic carbocycles. The summed E-state index contributed by atoms with van der Waals surface area (Å²) in [4.78, 5) is 0. The molecule has 2 N–H and O–H groups in total. The van der Waals surface area contributed by atoms with E-state index in [1.807, 2.05) is 6.92 Å². The third-order valence-electron chi connectivity index (χ3n) is 3.87. The van der Waals surface area contributed by atoms with Crippen molar-refractivity contribution in [1.29, 1.82) is 0 Å². The van der Waals surface area contributed by atoms with Crippen LogP contribution < -0.4 is 0 Å². The summed E-state index contributed by atoms with van der Waals surface area (Å²) >= 11 is 0. The van der Waals surface area contributed by atoms with Crippen molar-refractivity contribution < 1.29 is 36.9 Å². The number of alkyl halides is 5. The maximum absolute atomic E-state index is 14.9. The molecule has 1 rings (SSSR count). The summed E-state index contributed by atoms with van der Waals surface area (Å²) < 4.78 is 75.8. The van der Waals surface area contributed by atoms with Crippen LogP contribution in [0.25, 0.3) is 0 Å². The van der Waals surface area contributed by atoms with Gasteiger partial charge in [-0.15, -0.1) is 0 Å². The van der Waals surface area contributed by atoms with E-state index in [1.165, 1.54) is 6.07 Å². The molecule has 0 bridgehead atoms. The van der Waals surface area contributed by atoms with E-state index < -0.39 is 36.2 Å². The highest BCUT2D eigenvalue weighted by molar-refractivity contribution is 5.24. The number of rotatable bonds is 11. The number of benzene rings is 1. The molecule has 0 radical (unpaired) electrons. The summed E-state index contributed by atoms with van der Waals surface area (Å²) in [5.41, 5.74) is -0.932. The summed E-state index contributed by atoms with van der Waals surface area (Å²) in [6.45, 7) is -1.08. The highest BCUT2D eigenvalue weighted by Crippen LogP contribution is 2.52. The van der Waals surface area contributed by atoms with Crippen LogP contribution in [0, 0.1) is 0 Å². The van der Waals surface area contributed by atoms with Gasteiger partial charge in [0.2, 0.25) is 0 Å². The van der Waals surface area contributed by atoms with Crippen LogP contribution in [0.4, 0.5) is 22.0 Å². The molecule has 0 amide bonds. The molecule has 0 aliphatic rings. The molecule has 0 aliphatic heterocycles. The number of aliphatic hydroxyl groups is 2. The number of hydrogen-bond acceptors (Lipinski definition) is 3. The average Bonchev–Trinajstić information content (AvgIpc) is 2.54. The fourth-order valence-electron chi connectivity index (χ4n) is 2.46. The predicted octanol–water partition coefficient (Wildman–Crippen LogP) is 4.72. The first-order chi connectivity index (χ1) is 11.6. The molecule has 1 aromatic rings. The maximum Gasteiger partial charge on any atom is 0.371 e. The largest absolute Gasteiger partial charge is 0.371 e. The van der Waals surface area contributed by atoms with Crippen molar-refractivity contribution in [3.05, 3.63) is 35.9 Å². The molecule has 3 nitrogen and oxygen atoms in total. The third kappa shape index (κ3) is 5.12. The zero-order valence-corrected chi connectivity index (χ0v) is 13.9. The summed E-state index contributed by atoms with van der Waals surface area (Å²) in [5.74, 6) is -14.4. The topological polar surface area (TPSA) is 49.7 Å². The molecule has 0 aliphatic carbocycles. The van der Waals surface area contributed by atoms with Gasteiger partial charge in [0.1, 0.15) is 0 Å². The molecule has 8 heteroatoms. The van der Waals surface area contributed by atoms with Gasteiger partial charge in [-0.25, -0.2) is 0 Å². The lowest BCUT2D eigenvalue weighted by atomic mass is 9.92. The summed E-state index contributed by atoms with van der Waals surface area (Å²) in [6, 6.07) is 5.29. The Balaban J connectivity index is 3.05. The van der Waals surface area contributed by atoms with E-state index in [-0.39, 0.29) is 6.42 Å². The van der Waals surface area contributed by atoms with Gasteiger partial charge < -0.3 is 10.2 Å². The Hall–Kier alpha value is -1.25. The fourth-order valence-corrected chi connectivity index (χ4v) is 2.46. The molecule has 144 valence electrons. The van der Waals surface area contributed by atoms with E-state index in [0.29, 0.717) is 12.8 Å². The number of halogens is 5. The van der Waals surface area contributed by atoms with Crippen molar-refractivity contribution in [3.8, 4) is 0 Å². The van der Waals surface area contributed by atoms with Gasteiger partial charge in [-0.05, 0) is 6.42 Å². The highest BCUT2D eigenvalue weighted by atomic mass is 19.3. The average molecular weight is 370 g/mol. The Kier molecular flexibility index (Phi) is 7.77. The molecule has 0 saturated carbocycles. The van der Waals surface area contributed by atoms with Crippen molar-refractivity contribution in [2.75, 3.05) is 0 Å². The Bertz CT molecular complexity index is 510. The number of hydrogen-bond donors (Lipinski definition) is 2. The van der Waals surface area contributed by atoms with Crippen LogP contribution in [0.1, 0.15) is 51.0 Å². The van der Waals surface area contributed by atoms with Crippen LogP contribution in [0.15, 0.2) is 30.3 Å². The van der Waals surface area contributed by atoms with Crippen molar-refractivity contribution in [3.63, 3.8) is 0 Å². The smallest absolute Gasteiger partial charge is 0.346 e. The standard InChI is InChI=1S/C17H23F5O3/c1-2-3-4-5-9-12-15(18,19)17(21,22)16(20,25-14(23)24)13-10-7-6-8-11-13/h6-8,10-11,14,23-24H,2-5,9,12H2,1H3. The van der Waals surface area contributed by atoms with Gasteiger partial charge in [-0.1, -0.05) is 62.9 Å². The molecule has 0 spiro atoms. The molecule has 0 fully saturated rings. The number of ether oxygens (including phenoxy) is 1. The summed E-state index contributed by atoms with van der Waals surface area (Å²) in [5, 5.41) is 17.5. The van der Waals surface area contributed by atoms with Crippen LogP contribution in [0.3, 0.4) is 0 Å². The van der Waals surface area contributed by atoms with Crippen LogP contribution in [-0.2, 0) is 10.6 Å². The van der Waals surface area contributed by atoms with Crippen LogP contribution >= 0.6 is 0 Å². The Morgan fingerprint density at radius 3 is 2.00 bits per heavy atom. The number of unbranched alkanes of at least 4 members (excludes halogenated alkanes) is 4. The molecule has 0 saturated heterocycles.